The highest BCUT2D eigenvalue weighted by atomic mass is 35.5. The number of nitrogens with one attached hydrogen (secondary N) is 2. The molecular formula is C20H18ClN7O3. The minimum absolute atomic E-state index is 0.0230. The molecule has 0 unspecified atom stereocenters. The molecule has 4 rings (SSSR count). The number of hydrogen-bond donors (Lipinski definition) is 2. The summed E-state index contributed by atoms with van der Waals surface area (Å²) in [4.78, 5) is 41.2. The first-order chi connectivity index (χ1) is 14.9. The Morgan fingerprint density at radius 3 is 2.90 bits per heavy atom. The van der Waals surface area contributed by atoms with Crippen LogP contribution in [0.1, 0.15) is 37.7 Å². The summed E-state index contributed by atoms with van der Waals surface area (Å²) >= 11 is 6.06. The number of anilines is 2. The van der Waals surface area contributed by atoms with Crippen molar-refractivity contribution in [2.75, 3.05) is 16.8 Å². The SMILES string of the molecule is CC[C@H]1COC(=O)N1c1nc(C#N)nc(N[C@@H](C)c2cc3cc(Cl)ccc3[nH]c2=O)n1. The summed E-state index contributed by atoms with van der Waals surface area (Å²) in [7, 11) is 0. The van der Waals surface area contributed by atoms with Crippen LogP contribution >= 0.6 is 11.6 Å². The van der Waals surface area contributed by atoms with Gasteiger partial charge in [-0.2, -0.15) is 20.2 Å². The molecule has 3 heterocycles. The minimum atomic E-state index is -0.580. The summed E-state index contributed by atoms with van der Waals surface area (Å²) in [6, 6.07) is 8.04. The first-order valence-corrected chi connectivity index (χ1v) is 9.98. The summed E-state index contributed by atoms with van der Waals surface area (Å²) in [6.07, 6.45) is 0.0526. The number of carbonyl (C=O) groups excluding carboxylic acids is 1. The van der Waals surface area contributed by atoms with Crippen LogP contribution in [0.3, 0.4) is 0 Å². The molecule has 0 saturated carbocycles. The van der Waals surface area contributed by atoms with E-state index in [1.807, 2.05) is 13.0 Å². The van der Waals surface area contributed by atoms with Crippen molar-refractivity contribution in [2.24, 2.45) is 0 Å². The lowest BCUT2D eigenvalue weighted by atomic mass is 10.1. The zero-order valence-electron chi connectivity index (χ0n) is 16.7. The molecule has 0 bridgehead atoms. The van der Waals surface area contributed by atoms with Gasteiger partial charge >= 0.3 is 6.09 Å². The molecule has 1 saturated heterocycles. The Morgan fingerprint density at radius 2 is 2.16 bits per heavy atom. The molecule has 1 aromatic carbocycles. The van der Waals surface area contributed by atoms with Gasteiger partial charge in [-0.15, -0.1) is 0 Å². The summed E-state index contributed by atoms with van der Waals surface area (Å²) in [5.74, 6) is -0.0718. The number of ether oxygens (including phenoxy) is 1. The van der Waals surface area contributed by atoms with Crippen LogP contribution < -0.4 is 15.8 Å². The number of fused-ring (bicyclic) bond motifs is 1. The van der Waals surface area contributed by atoms with Gasteiger partial charge in [0, 0.05) is 21.5 Å². The molecule has 0 radical (unpaired) electrons. The highest BCUT2D eigenvalue weighted by Gasteiger charge is 2.35. The normalized spacial score (nSPS) is 16.8. The second-order valence-electron chi connectivity index (χ2n) is 7.05. The lowest BCUT2D eigenvalue weighted by molar-refractivity contribution is 0.178. The van der Waals surface area contributed by atoms with Crippen molar-refractivity contribution < 1.29 is 9.53 Å². The molecule has 31 heavy (non-hydrogen) atoms. The zero-order valence-corrected chi connectivity index (χ0v) is 17.5. The van der Waals surface area contributed by atoms with E-state index in [0.717, 1.165) is 5.39 Å². The van der Waals surface area contributed by atoms with Crippen LogP contribution in [0.5, 0.6) is 0 Å². The van der Waals surface area contributed by atoms with E-state index in [1.54, 1.807) is 31.2 Å². The fraction of sp³-hybridized carbons (Fsp3) is 0.300. The van der Waals surface area contributed by atoms with Gasteiger partial charge in [-0.05, 0) is 37.6 Å². The molecule has 10 nitrogen and oxygen atoms in total. The monoisotopic (exact) mass is 439 g/mol. The predicted octanol–water partition coefficient (Wildman–Crippen LogP) is 3.15. The quantitative estimate of drug-likeness (QED) is 0.618. The summed E-state index contributed by atoms with van der Waals surface area (Å²) in [5, 5.41) is 13.7. The number of carbonyl (C=O) groups is 1. The van der Waals surface area contributed by atoms with Crippen LogP contribution in [0, 0.1) is 11.3 Å². The maximum absolute atomic E-state index is 12.6. The Balaban J connectivity index is 1.68. The second-order valence-corrected chi connectivity index (χ2v) is 7.49. The smallest absolute Gasteiger partial charge is 0.417 e. The fourth-order valence-corrected chi connectivity index (χ4v) is 3.56. The molecule has 2 N–H and O–H groups in total. The number of rotatable bonds is 5. The number of aromatic nitrogens is 4. The van der Waals surface area contributed by atoms with Gasteiger partial charge in [0.25, 0.3) is 5.56 Å². The van der Waals surface area contributed by atoms with Crippen molar-refractivity contribution in [3.63, 3.8) is 0 Å². The van der Waals surface area contributed by atoms with Crippen molar-refractivity contribution >= 4 is 40.5 Å². The molecule has 1 aliphatic rings. The van der Waals surface area contributed by atoms with Crippen molar-refractivity contribution in [1.29, 1.82) is 5.26 Å². The molecule has 3 aromatic rings. The van der Waals surface area contributed by atoms with Crippen LogP contribution in [0.4, 0.5) is 16.7 Å². The number of hydrogen-bond acceptors (Lipinski definition) is 8. The maximum Gasteiger partial charge on any atom is 0.417 e. The third-order valence-corrected chi connectivity index (χ3v) is 5.25. The molecular weight excluding hydrogens is 422 g/mol. The molecule has 2 aromatic heterocycles. The van der Waals surface area contributed by atoms with Gasteiger partial charge in [0.05, 0.1) is 12.1 Å². The first kappa shape index (κ1) is 20.6. The minimum Gasteiger partial charge on any atom is -0.447 e. The molecule has 158 valence electrons. The highest BCUT2D eigenvalue weighted by Crippen LogP contribution is 2.24. The third kappa shape index (κ3) is 4.00. The van der Waals surface area contributed by atoms with E-state index in [9.17, 15) is 14.9 Å². The Labute approximate surface area is 181 Å². The predicted molar refractivity (Wildman–Crippen MR) is 114 cm³/mol. The number of amides is 1. The lowest BCUT2D eigenvalue weighted by Gasteiger charge is -2.19. The highest BCUT2D eigenvalue weighted by molar-refractivity contribution is 6.31. The van der Waals surface area contributed by atoms with Gasteiger partial charge in [-0.3, -0.25) is 4.79 Å². The van der Waals surface area contributed by atoms with Gasteiger partial charge < -0.3 is 15.0 Å². The van der Waals surface area contributed by atoms with Crippen LogP contribution in [-0.2, 0) is 4.74 Å². The maximum atomic E-state index is 12.6. The van der Waals surface area contributed by atoms with Crippen molar-refractivity contribution in [3.8, 4) is 6.07 Å². The van der Waals surface area contributed by atoms with E-state index in [4.69, 9.17) is 16.3 Å². The zero-order chi connectivity index (χ0) is 22.1. The Bertz CT molecular complexity index is 1270. The van der Waals surface area contributed by atoms with Gasteiger partial charge in [0.15, 0.2) is 0 Å². The number of H-pyrrole nitrogens is 1. The van der Waals surface area contributed by atoms with E-state index in [-0.39, 0.29) is 35.9 Å². The van der Waals surface area contributed by atoms with Crippen LogP contribution in [0.2, 0.25) is 5.02 Å². The largest absolute Gasteiger partial charge is 0.447 e. The van der Waals surface area contributed by atoms with Gasteiger partial charge in [0.1, 0.15) is 12.7 Å². The number of halogens is 1. The average Bonchev–Trinajstić information content (AvgIpc) is 3.13. The number of cyclic esters (lactones) is 1. The van der Waals surface area contributed by atoms with Crippen LogP contribution in [-0.4, -0.2) is 38.7 Å². The number of pyridine rings is 1. The second kappa shape index (κ2) is 8.20. The standard InChI is InChI=1S/C20H18ClN7O3/c1-3-13-9-31-20(30)28(13)19-26-16(8-22)25-18(27-19)23-10(2)14-7-11-6-12(21)4-5-15(11)24-17(14)29/h4-7,10,13H,3,9H2,1-2H3,(H,24,29)(H,23,25,26,27)/t10-,13-/m0/s1. The van der Waals surface area contributed by atoms with Crippen molar-refractivity contribution in [3.05, 3.63) is 51.0 Å². The number of benzene rings is 1. The summed E-state index contributed by atoms with van der Waals surface area (Å²) in [5.41, 5.74) is 0.818. The molecule has 11 heteroatoms. The molecule has 0 spiro atoms. The Hall–Kier alpha value is -3.71. The van der Waals surface area contributed by atoms with E-state index in [0.29, 0.717) is 22.5 Å². The topological polar surface area (TPSA) is 137 Å². The summed E-state index contributed by atoms with van der Waals surface area (Å²) in [6.45, 7) is 3.89. The summed E-state index contributed by atoms with van der Waals surface area (Å²) < 4.78 is 5.08. The number of nitrogens with zero attached hydrogens (tertiary/aromatic N) is 5. The Morgan fingerprint density at radius 1 is 1.35 bits per heavy atom. The molecule has 1 fully saturated rings. The third-order valence-electron chi connectivity index (χ3n) is 5.02. The lowest BCUT2D eigenvalue weighted by Crippen LogP contribution is -2.35. The van der Waals surface area contributed by atoms with Crippen LogP contribution in [0.25, 0.3) is 10.9 Å². The van der Waals surface area contributed by atoms with Gasteiger partial charge in [-0.25, -0.2) is 9.69 Å². The molecule has 1 aliphatic heterocycles. The van der Waals surface area contributed by atoms with E-state index < -0.39 is 12.1 Å². The first-order valence-electron chi connectivity index (χ1n) is 9.60. The van der Waals surface area contributed by atoms with E-state index in [1.165, 1.54) is 4.90 Å². The Kier molecular flexibility index (Phi) is 5.44. The molecule has 2 atom stereocenters. The average molecular weight is 440 g/mol. The molecule has 0 aliphatic carbocycles. The molecule has 1 amide bonds. The number of nitriles is 1. The van der Waals surface area contributed by atoms with Crippen LogP contribution in [0.15, 0.2) is 29.1 Å². The van der Waals surface area contributed by atoms with Crippen molar-refractivity contribution in [1.82, 2.24) is 19.9 Å². The van der Waals surface area contributed by atoms with E-state index >= 15 is 0 Å². The van der Waals surface area contributed by atoms with Gasteiger partial charge in [-0.1, -0.05) is 18.5 Å². The van der Waals surface area contributed by atoms with Gasteiger partial charge in [0.2, 0.25) is 17.7 Å². The van der Waals surface area contributed by atoms with Crippen molar-refractivity contribution in [2.45, 2.75) is 32.4 Å². The fourth-order valence-electron chi connectivity index (χ4n) is 3.38. The van der Waals surface area contributed by atoms with E-state index in [2.05, 4.69) is 25.3 Å². The number of aromatic amines is 1.